The average molecular weight is 377 g/mol. The molecule has 1 aliphatic heterocycles. The van der Waals surface area contributed by atoms with Crippen molar-refractivity contribution in [1.82, 2.24) is 0 Å². The van der Waals surface area contributed by atoms with E-state index in [0.717, 1.165) is 5.76 Å². The molecule has 5 nitrogen and oxygen atoms in total. The Morgan fingerprint density at radius 1 is 1.04 bits per heavy atom. The molecule has 28 heavy (non-hydrogen) atoms. The molecule has 2 amide bonds. The molecule has 4 fully saturated rings. The minimum atomic E-state index is -0.430. The molecular weight excluding hydrogens is 354 g/mol. The van der Waals surface area contributed by atoms with E-state index in [0.29, 0.717) is 17.9 Å². The lowest BCUT2D eigenvalue weighted by Crippen LogP contribution is -2.49. The predicted octanol–water partition coefficient (Wildman–Crippen LogP) is 2.81. The van der Waals surface area contributed by atoms with E-state index in [2.05, 4.69) is 19.9 Å². The van der Waals surface area contributed by atoms with E-state index in [4.69, 9.17) is 4.74 Å². The lowest BCUT2D eigenvalue weighted by Gasteiger charge is -2.47. The SMILES string of the molecule is COC1=C[C@@H]2[C@@H]3C(=O)N(c4ccccc4)C(=O)[C@@H]3[C@H]1[C@H]1[C@@]23[C@@H](C)CC(=O)[C@]13C. The Hall–Kier alpha value is -2.43. The Labute approximate surface area is 163 Å². The normalized spacial score (nSPS) is 47.6. The third-order valence-corrected chi connectivity index (χ3v) is 8.84. The van der Waals surface area contributed by atoms with E-state index < -0.39 is 11.3 Å². The van der Waals surface area contributed by atoms with Crippen LogP contribution in [0.25, 0.3) is 0 Å². The number of amides is 2. The molecule has 5 heteroatoms. The summed E-state index contributed by atoms with van der Waals surface area (Å²) in [5.74, 6) is 0.0825. The summed E-state index contributed by atoms with van der Waals surface area (Å²) in [5, 5.41) is 0. The van der Waals surface area contributed by atoms with Crippen LogP contribution < -0.4 is 4.90 Å². The number of ketones is 1. The molecule has 144 valence electrons. The molecule has 5 aliphatic carbocycles. The summed E-state index contributed by atoms with van der Waals surface area (Å²) in [4.78, 5) is 41.3. The Morgan fingerprint density at radius 3 is 2.39 bits per heavy atom. The van der Waals surface area contributed by atoms with Crippen LogP contribution in [0, 0.1) is 46.3 Å². The number of benzene rings is 1. The summed E-state index contributed by atoms with van der Waals surface area (Å²) in [6, 6.07) is 9.18. The summed E-state index contributed by atoms with van der Waals surface area (Å²) < 4.78 is 5.70. The van der Waals surface area contributed by atoms with Gasteiger partial charge in [-0.25, -0.2) is 0 Å². The highest BCUT2D eigenvalue weighted by Crippen LogP contribution is 2.89. The number of Topliss-reactive ketones (excluding diaryl/α,β-unsaturated/α-hetero) is 1. The summed E-state index contributed by atoms with van der Waals surface area (Å²) in [6.45, 7) is 4.22. The van der Waals surface area contributed by atoms with Crippen molar-refractivity contribution in [3.05, 3.63) is 42.2 Å². The standard InChI is InChI=1S/C23H23NO4/c1-11-9-15(25)22(2)19-17-14(28-3)10-13(23(11,19)22)16-18(17)21(27)24(20(16)26)12-7-5-4-6-8-12/h4-8,10-11,13,16-19H,9H2,1-3H3/t11-,13+,16-,17-,18-,19+,22+,23+/m0/s1. The number of hydrogen-bond donors (Lipinski definition) is 0. The predicted molar refractivity (Wildman–Crippen MR) is 101 cm³/mol. The van der Waals surface area contributed by atoms with Crippen LogP contribution in [-0.2, 0) is 19.1 Å². The zero-order valence-corrected chi connectivity index (χ0v) is 16.2. The van der Waals surface area contributed by atoms with Crippen molar-refractivity contribution in [2.24, 2.45) is 46.3 Å². The van der Waals surface area contributed by atoms with E-state index in [1.807, 2.05) is 30.3 Å². The molecule has 0 radical (unpaired) electrons. The Balaban J connectivity index is 1.52. The first-order valence-corrected chi connectivity index (χ1v) is 10.1. The van der Waals surface area contributed by atoms with Gasteiger partial charge in [-0.05, 0) is 41.4 Å². The molecule has 3 saturated carbocycles. The smallest absolute Gasteiger partial charge is 0.238 e. The van der Waals surface area contributed by atoms with Crippen molar-refractivity contribution < 1.29 is 19.1 Å². The van der Waals surface area contributed by atoms with Crippen molar-refractivity contribution in [3.63, 3.8) is 0 Å². The van der Waals surface area contributed by atoms with Gasteiger partial charge in [0.05, 0.1) is 30.4 Å². The number of imide groups is 1. The van der Waals surface area contributed by atoms with Gasteiger partial charge in [0.1, 0.15) is 5.78 Å². The second kappa shape index (κ2) is 4.76. The number of anilines is 1. The Bertz CT molecular complexity index is 984. The number of nitrogens with zero attached hydrogens (tertiary/aromatic N) is 1. The molecule has 0 N–H and O–H groups in total. The van der Waals surface area contributed by atoms with Crippen LogP contribution >= 0.6 is 0 Å². The zero-order chi connectivity index (χ0) is 19.6. The number of allylic oxidation sites excluding steroid dienone is 2. The van der Waals surface area contributed by atoms with Gasteiger partial charge in [0, 0.05) is 17.8 Å². The van der Waals surface area contributed by atoms with Crippen LogP contribution in [0.5, 0.6) is 0 Å². The van der Waals surface area contributed by atoms with E-state index in [1.54, 1.807) is 7.11 Å². The maximum atomic E-state index is 13.5. The first-order chi connectivity index (χ1) is 13.4. The first kappa shape index (κ1) is 16.5. The Kier molecular flexibility index (Phi) is 2.81. The summed E-state index contributed by atoms with van der Waals surface area (Å²) >= 11 is 0. The van der Waals surface area contributed by atoms with Crippen molar-refractivity contribution in [1.29, 1.82) is 0 Å². The number of methoxy groups -OCH3 is 1. The van der Waals surface area contributed by atoms with E-state index in [-0.39, 0.29) is 46.8 Å². The van der Waals surface area contributed by atoms with Gasteiger partial charge in [-0.2, -0.15) is 0 Å². The minimum absolute atomic E-state index is 0.106. The fourth-order valence-electron chi connectivity index (χ4n) is 8.02. The van der Waals surface area contributed by atoms with Crippen molar-refractivity contribution in [2.45, 2.75) is 20.3 Å². The molecule has 1 saturated heterocycles. The van der Waals surface area contributed by atoms with Crippen molar-refractivity contribution in [3.8, 4) is 0 Å². The lowest BCUT2D eigenvalue weighted by molar-refractivity contribution is -0.129. The Morgan fingerprint density at radius 2 is 1.71 bits per heavy atom. The summed E-state index contributed by atoms with van der Waals surface area (Å²) in [6.07, 6.45) is 2.66. The molecule has 2 bridgehead atoms. The van der Waals surface area contributed by atoms with Crippen LogP contribution in [0.4, 0.5) is 5.69 Å². The number of ether oxygens (including phenoxy) is 1. The van der Waals surface area contributed by atoms with Crippen LogP contribution in [0.15, 0.2) is 42.2 Å². The second-order valence-corrected chi connectivity index (χ2v) is 9.37. The summed E-state index contributed by atoms with van der Waals surface area (Å²) in [7, 11) is 1.64. The molecule has 1 heterocycles. The third-order valence-electron chi connectivity index (χ3n) is 8.84. The van der Waals surface area contributed by atoms with Crippen LogP contribution in [0.1, 0.15) is 20.3 Å². The van der Waals surface area contributed by atoms with Gasteiger partial charge in [0.25, 0.3) is 0 Å². The maximum absolute atomic E-state index is 13.5. The monoisotopic (exact) mass is 377 g/mol. The largest absolute Gasteiger partial charge is 0.501 e. The fourth-order valence-corrected chi connectivity index (χ4v) is 8.02. The first-order valence-electron chi connectivity index (χ1n) is 10.1. The van der Waals surface area contributed by atoms with Crippen molar-refractivity contribution in [2.75, 3.05) is 12.0 Å². The van der Waals surface area contributed by atoms with Gasteiger partial charge in [-0.1, -0.05) is 32.0 Å². The highest BCUT2D eigenvalue weighted by molar-refractivity contribution is 6.23. The third kappa shape index (κ3) is 1.40. The number of hydrogen-bond acceptors (Lipinski definition) is 4. The van der Waals surface area contributed by atoms with Gasteiger partial charge in [0.15, 0.2) is 0 Å². The van der Waals surface area contributed by atoms with Crippen LogP contribution in [-0.4, -0.2) is 24.7 Å². The molecule has 0 unspecified atom stereocenters. The number of para-hydroxylation sites is 1. The molecule has 6 aliphatic rings. The number of rotatable bonds is 2. The van der Waals surface area contributed by atoms with Gasteiger partial charge in [-0.3, -0.25) is 19.3 Å². The van der Waals surface area contributed by atoms with E-state index in [1.165, 1.54) is 4.90 Å². The van der Waals surface area contributed by atoms with Crippen LogP contribution in [0.2, 0.25) is 0 Å². The quantitative estimate of drug-likeness (QED) is 0.744. The topological polar surface area (TPSA) is 63.7 Å². The van der Waals surface area contributed by atoms with Gasteiger partial charge in [0.2, 0.25) is 11.8 Å². The fraction of sp³-hybridized carbons (Fsp3) is 0.522. The molecule has 0 aromatic heterocycles. The molecule has 1 aromatic rings. The van der Waals surface area contributed by atoms with E-state index >= 15 is 0 Å². The molecule has 1 spiro atoms. The van der Waals surface area contributed by atoms with Gasteiger partial charge < -0.3 is 4.74 Å². The van der Waals surface area contributed by atoms with E-state index in [9.17, 15) is 14.4 Å². The lowest BCUT2D eigenvalue weighted by atomic mass is 9.55. The van der Waals surface area contributed by atoms with Gasteiger partial charge in [-0.15, -0.1) is 0 Å². The number of carbonyl (C=O) groups is 3. The molecule has 1 aromatic carbocycles. The molecular formula is C23H23NO4. The van der Waals surface area contributed by atoms with Gasteiger partial charge >= 0.3 is 0 Å². The highest BCUT2D eigenvalue weighted by atomic mass is 16.5. The second-order valence-electron chi connectivity index (χ2n) is 9.37. The molecule has 8 atom stereocenters. The minimum Gasteiger partial charge on any atom is -0.501 e. The average Bonchev–Trinajstić information content (AvgIpc) is 3.13. The highest BCUT2D eigenvalue weighted by Gasteiger charge is 2.91. The zero-order valence-electron chi connectivity index (χ0n) is 16.2. The van der Waals surface area contributed by atoms with Crippen LogP contribution in [0.3, 0.4) is 0 Å². The van der Waals surface area contributed by atoms with Crippen molar-refractivity contribution >= 4 is 23.3 Å². The maximum Gasteiger partial charge on any atom is 0.238 e. The summed E-state index contributed by atoms with van der Waals surface area (Å²) in [5.41, 5.74) is 0.0106. The molecule has 7 rings (SSSR count). The number of carbonyl (C=O) groups excluding carboxylic acids is 3.